The van der Waals surface area contributed by atoms with Gasteiger partial charge in [-0.25, -0.2) is 13.1 Å². The summed E-state index contributed by atoms with van der Waals surface area (Å²) in [6, 6.07) is 4.06. The number of rotatable bonds is 3. The maximum absolute atomic E-state index is 11.7. The Morgan fingerprint density at radius 3 is 2.40 bits per heavy atom. The van der Waals surface area contributed by atoms with Crippen LogP contribution in [0.5, 0.6) is 5.75 Å². The molecule has 0 aliphatic heterocycles. The molecule has 1 rings (SSSR count). The summed E-state index contributed by atoms with van der Waals surface area (Å²) in [6.45, 7) is 5.17. The molecule has 0 spiro atoms. The van der Waals surface area contributed by atoms with E-state index in [2.05, 4.69) is 4.72 Å². The molecule has 1 aromatic carbocycles. The second kappa shape index (κ2) is 4.20. The van der Waals surface area contributed by atoms with Crippen molar-refractivity contribution in [1.29, 1.82) is 0 Å². The molecule has 0 saturated carbocycles. The minimum absolute atomic E-state index is 0.0958. The third-order valence-corrected chi connectivity index (χ3v) is 3.53. The molecule has 4 nitrogen and oxygen atoms in total. The minimum Gasteiger partial charge on any atom is -0.508 e. The number of aryl methyl sites for hydroxylation is 1. The number of benzene rings is 1. The first kappa shape index (κ1) is 12.0. The summed E-state index contributed by atoms with van der Waals surface area (Å²) in [4.78, 5) is 0.173. The lowest BCUT2D eigenvalue weighted by Gasteiger charge is -2.10. The van der Waals surface area contributed by atoms with Crippen molar-refractivity contribution in [3.8, 4) is 5.75 Å². The Morgan fingerprint density at radius 1 is 1.33 bits per heavy atom. The molecule has 0 aliphatic rings. The van der Waals surface area contributed by atoms with Gasteiger partial charge in [0.05, 0.1) is 4.90 Å². The lowest BCUT2D eigenvalue weighted by atomic mass is 10.2. The molecule has 0 fully saturated rings. The van der Waals surface area contributed by atoms with Crippen LogP contribution >= 0.6 is 0 Å². The van der Waals surface area contributed by atoms with Crippen molar-refractivity contribution in [2.24, 2.45) is 0 Å². The van der Waals surface area contributed by atoms with Crippen molar-refractivity contribution in [3.63, 3.8) is 0 Å². The largest absolute Gasteiger partial charge is 0.508 e. The first-order valence-corrected chi connectivity index (χ1v) is 6.13. The van der Waals surface area contributed by atoms with Gasteiger partial charge in [-0.1, -0.05) is 0 Å². The third-order valence-electron chi connectivity index (χ3n) is 1.87. The quantitative estimate of drug-likeness (QED) is 0.823. The molecule has 0 unspecified atom stereocenters. The Balaban J connectivity index is 3.11. The molecular formula is C10H15NO3S. The molecule has 84 valence electrons. The van der Waals surface area contributed by atoms with E-state index in [0.717, 1.165) is 0 Å². The zero-order valence-electron chi connectivity index (χ0n) is 8.98. The van der Waals surface area contributed by atoms with E-state index in [1.807, 2.05) is 0 Å². The third kappa shape index (κ3) is 2.94. The smallest absolute Gasteiger partial charge is 0.240 e. The fraction of sp³-hybridized carbons (Fsp3) is 0.400. The first-order chi connectivity index (χ1) is 6.83. The molecule has 0 bridgehead atoms. The maximum atomic E-state index is 11.7. The molecule has 5 heteroatoms. The molecule has 0 aromatic heterocycles. The monoisotopic (exact) mass is 229 g/mol. The van der Waals surface area contributed by atoms with Crippen LogP contribution in [0.3, 0.4) is 0 Å². The SMILES string of the molecule is Cc1cc(S(=O)(=O)NC(C)C)ccc1O. The molecular weight excluding hydrogens is 214 g/mol. The summed E-state index contributed by atoms with van der Waals surface area (Å²) in [5, 5.41) is 9.28. The van der Waals surface area contributed by atoms with E-state index in [9.17, 15) is 13.5 Å². The second-order valence-electron chi connectivity index (χ2n) is 3.72. The molecule has 0 heterocycles. The zero-order valence-corrected chi connectivity index (χ0v) is 9.80. The van der Waals surface area contributed by atoms with Crippen LogP contribution in [0.2, 0.25) is 0 Å². The lowest BCUT2D eigenvalue weighted by molar-refractivity contribution is 0.470. The number of phenols is 1. The lowest BCUT2D eigenvalue weighted by Crippen LogP contribution is -2.30. The first-order valence-electron chi connectivity index (χ1n) is 4.65. The van der Waals surface area contributed by atoms with Crippen molar-refractivity contribution in [2.75, 3.05) is 0 Å². The van der Waals surface area contributed by atoms with Gasteiger partial charge in [0.15, 0.2) is 0 Å². The normalized spacial score (nSPS) is 12.0. The molecule has 0 saturated heterocycles. The van der Waals surface area contributed by atoms with Gasteiger partial charge in [-0.15, -0.1) is 0 Å². The zero-order chi connectivity index (χ0) is 11.6. The van der Waals surface area contributed by atoms with Gasteiger partial charge in [0, 0.05) is 6.04 Å². The predicted octanol–water partition coefficient (Wildman–Crippen LogP) is 1.39. The van der Waals surface area contributed by atoms with Crippen molar-refractivity contribution >= 4 is 10.0 Å². The summed E-state index contributed by atoms with van der Waals surface area (Å²) in [7, 11) is -3.46. The van der Waals surface area contributed by atoms with E-state index in [-0.39, 0.29) is 16.7 Å². The predicted molar refractivity (Wildman–Crippen MR) is 58.3 cm³/mol. The standard InChI is InChI=1S/C10H15NO3S/c1-7(2)11-15(13,14)9-4-5-10(12)8(3)6-9/h4-7,11-12H,1-3H3. The van der Waals surface area contributed by atoms with Gasteiger partial charge in [-0.3, -0.25) is 0 Å². The summed E-state index contributed by atoms with van der Waals surface area (Å²) < 4.78 is 25.9. The van der Waals surface area contributed by atoms with Crippen LogP contribution in [0.1, 0.15) is 19.4 Å². The van der Waals surface area contributed by atoms with E-state index in [4.69, 9.17) is 0 Å². The Bertz CT molecular complexity index is 452. The van der Waals surface area contributed by atoms with Crippen LogP contribution in [0.15, 0.2) is 23.1 Å². The van der Waals surface area contributed by atoms with Gasteiger partial charge in [0.25, 0.3) is 0 Å². The highest BCUT2D eigenvalue weighted by Crippen LogP contribution is 2.20. The van der Waals surface area contributed by atoms with Crippen molar-refractivity contribution in [3.05, 3.63) is 23.8 Å². The molecule has 0 radical (unpaired) electrons. The van der Waals surface area contributed by atoms with Gasteiger partial charge in [-0.2, -0.15) is 0 Å². The Kier molecular flexibility index (Phi) is 3.36. The Labute approximate surface area is 90.0 Å². The van der Waals surface area contributed by atoms with Crippen LogP contribution in [0, 0.1) is 6.92 Å². The number of phenolic OH excluding ortho intramolecular Hbond substituents is 1. The molecule has 0 aliphatic carbocycles. The molecule has 15 heavy (non-hydrogen) atoms. The molecule has 0 atom stereocenters. The summed E-state index contributed by atoms with van der Waals surface area (Å²) >= 11 is 0. The van der Waals surface area contributed by atoms with Crippen LogP contribution < -0.4 is 4.72 Å². The fourth-order valence-corrected chi connectivity index (χ4v) is 2.51. The highest BCUT2D eigenvalue weighted by molar-refractivity contribution is 7.89. The number of nitrogens with one attached hydrogen (secondary N) is 1. The van der Waals surface area contributed by atoms with Crippen LogP contribution in [0.25, 0.3) is 0 Å². The molecule has 0 amide bonds. The molecule has 1 aromatic rings. The van der Waals surface area contributed by atoms with Crippen LogP contribution in [-0.4, -0.2) is 19.6 Å². The van der Waals surface area contributed by atoms with Crippen LogP contribution in [-0.2, 0) is 10.0 Å². The Morgan fingerprint density at radius 2 is 1.93 bits per heavy atom. The van der Waals surface area contributed by atoms with Gasteiger partial charge >= 0.3 is 0 Å². The number of hydrogen-bond acceptors (Lipinski definition) is 3. The van der Waals surface area contributed by atoms with Crippen molar-refractivity contribution < 1.29 is 13.5 Å². The van der Waals surface area contributed by atoms with Gasteiger partial charge < -0.3 is 5.11 Å². The van der Waals surface area contributed by atoms with Gasteiger partial charge in [0.2, 0.25) is 10.0 Å². The Hall–Kier alpha value is -1.07. The molecule has 2 N–H and O–H groups in total. The summed E-state index contributed by atoms with van der Waals surface area (Å²) in [5.74, 6) is 0.0958. The highest BCUT2D eigenvalue weighted by Gasteiger charge is 2.15. The fourth-order valence-electron chi connectivity index (χ4n) is 1.17. The van der Waals surface area contributed by atoms with E-state index in [0.29, 0.717) is 5.56 Å². The van der Waals surface area contributed by atoms with Gasteiger partial charge in [0.1, 0.15) is 5.75 Å². The van der Waals surface area contributed by atoms with Crippen LogP contribution in [0.4, 0.5) is 0 Å². The second-order valence-corrected chi connectivity index (χ2v) is 5.44. The number of aromatic hydroxyl groups is 1. The highest BCUT2D eigenvalue weighted by atomic mass is 32.2. The number of hydrogen-bond donors (Lipinski definition) is 2. The maximum Gasteiger partial charge on any atom is 0.240 e. The topological polar surface area (TPSA) is 66.4 Å². The summed E-state index contributed by atoms with van der Waals surface area (Å²) in [5.41, 5.74) is 0.543. The van der Waals surface area contributed by atoms with E-state index < -0.39 is 10.0 Å². The van der Waals surface area contributed by atoms with Crippen molar-refractivity contribution in [1.82, 2.24) is 4.72 Å². The summed E-state index contributed by atoms with van der Waals surface area (Å²) in [6.07, 6.45) is 0. The van der Waals surface area contributed by atoms with E-state index >= 15 is 0 Å². The average molecular weight is 229 g/mol. The van der Waals surface area contributed by atoms with Gasteiger partial charge in [-0.05, 0) is 44.5 Å². The van der Waals surface area contributed by atoms with Crippen molar-refractivity contribution in [2.45, 2.75) is 31.7 Å². The average Bonchev–Trinajstić information content (AvgIpc) is 2.07. The van der Waals surface area contributed by atoms with E-state index in [1.54, 1.807) is 20.8 Å². The number of sulfonamides is 1. The van der Waals surface area contributed by atoms with E-state index in [1.165, 1.54) is 18.2 Å². The minimum atomic E-state index is -3.46.